The minimum Gasteiger partial charge on any atom is -0.443 e. The third-order valence-corrected chi connectivity index (χ3v) is 6.64. The molecule has 1 aliphatic carbocycles. The number of ether oxygens (including phenoxy) is 1. The molecule has 5 nitrogen and oxygen atoms in total. The number of hydrogen-bond acceptors (Lipinski definition) is 3. The lowest BCUT2D eigenvalue weighted by Crippen LogP contribution is -2.34. The normalized spacial score (nSPS) is 25.2. The van der Waals surface area contributed by atoms with Crippen LogP contribution in [0.25, 0.3) is 6.08 Å². The minimum atomic E-state index is -0.758. The first kappa shape index (κ1) is 15.9. The number of rotatable bonds is 0. The third kappa shape index (κ3) is 2.51. The van der Waals surface area contributed by atoms with E-state index >= 15 is 0 Å². The van der Waals surface area contributed by atoms with E-state index < -0.39 is 16.4 Å². The summed E-state index contributed by atoms with van der Waals surface area (Å²) in [6, 6.07) is 0. The number of carbonyl (C=O) groups excluding carboxylic acids is 1. The average Bonchev–Trinajstić information content (AvgIpc) is 2.84. The van der Waals surface area contributed by atoms with Crippen LogP contribution in [0.3, 0.4) is 0 Å². The van der Waals surface area contributed by atoms with Crippen LogP contribution in [0.1, 0.15) is 61.4 Å². The van der Waals surface area contributed by atoms with Gasteiger partial charge in [0.2, 0.25) is 0 Å². The van der Waals surface area contributed by atoms with Gasteiger partial charge >= 0.3 is 6.09 Å². The number of carbonyl (C=O) groups is 1. The van der Waals surface area contributed by atoms with Crippen molar-refractivity contribution in [2.45, 2.75) is 64.0 Å². The van der Waals surface area contributed by atoms with Gasteiger partial charge in [0.1, 0.15) is 5.60 Å². The van der Waals surface area contributed by atoms with Gasteiger partial charge in [0.25, 0.3) is 0 Å². The molecular formula is C18H24N2O3S. The third-order valence-electron chi connectivity index (χ3n) is 4.96. The number of nitrogens with zero attached hydrogens (tertiary/aromatic N) is 2. The van der Waals surface area contributed by atoms with E-state index in [-0.39, 0.29) is 11.3 Å². The average molecular weight is 348 g/mol. The van der Waals surface area contributed by atoms with Crippen LogP contribution in [-0.2, 0) is 35.0 Å². The summed E-state index contributed by atoms with van der Waals surface area (Å²) >= 11 is 0. The minimum absolute atomic E-state index is 0.177. The van der Waals surface area contributed by atoms with Crippen LogP contribution in [0, 0.1) is 0 Å². The Labute approximate surface area is 145 Å². The molecule has 4 rings (SSSR count). The smallest absolute Gasteiger partial charge is 0.414 e. The Kier molecular flexibility index (Phi) is 3.64. The molecule has 0 saturated carbocycles. The molecule has 0 radical (unpaired) electrons. The summed E-state index contributed by atoms with van der Waals surface area (Å²) in [5, 5.41) is 0.177. The first-order chi connectivity index (χ1) is 11.3. The zero-order valence-corrected chi connectivity index (χ0v) is 15.3. The van der Waals surface area contributed by atoms with Gasteiger partial charge in [-0.25, -0.2) is 4.79 Å². The lowest BCUT2D eigenvalue weighted by molar-refractivity contribution is 0.0322. The fraction of sp³-hybridized carbons (Fsp3) is 0.611. The molecule has 24 heavy (non-hydrogen) atoms. The predicted octanol–water partition coefficient (Wildman–Crippen LogP) is 3.35. The molecule has 0 aromatic carbocycles. The second kappa shape index (κ2) is 5.48. The van der Waals surface area contributed by atoms with Crippen molar-refractivity contribution in [2.75, 3.05) is 5.75 Å². The molecule has 2 aliphatic heterocycles. The van der Waals surface area contributed by atoms with Crippen molar-refractivity contribution in [3.63, 3.8) is 0 Å². The number of aromatic nitrogens is 1. The van der Waals surface area contributed by atoms with Crippen molar-refractivity contribution in [1.29, 1.82) is 0 Å². The zero-order valence-electron chi connectivity index (χ0n) is 14.5. The lowest BCUT2D eigenvalue weighted by Gasteiger charge is -2.29. The Morgan fingerprint density at radius 1 is 1.33 bits per heavy atom. The van der Waals surface area contributed by atoms with Crippen molar-refractivity contribution >= 4 is 23.0 Å². The van der Waals surface area contributed by atoms with Crippen molar-refractivity contribution in [3.05, 3.63) is 28.7 Å². The first-order valence-corrected chi connectivity index (χ1v) is 10.0. The summed E-state index contributed by atoms with van der Waals surface area (Å²) in [5.41, 5.74) is 4.52. The molecule has 0 saturated heterocycles. The topological polar surface area (TPSA) is 51.5 Å². The molecule has 0 spiro atoms. The molecule has 3 aliphatic rings. The van der Waals surface area contributed by atoms with E-state index in [4.69, 9.17) is 4.74 Å². The molecule has 130 valence electrons. The van der Waals surface area contributed by atoms with E-state index in [1.54, 1.807) is 4.90 Å². The maximum atomic E-state index is 12.4. The highest BCUT2D eigenvalue weighted by Gasteiger charge is 2.37. The number of hydrogen-bond donors (Lipinski definition) is 0. The van der Waals surface area contributed by atoms with Crippen LogP contribution in [0.15, 0.2) is 6.20 Å². The molecular weight excluding hydrogens is 324 g/mol. The van der Waals surface area contributed by atoms with Gasteiger partial charge < -0.3 is 9.30 Å². The van der Waals surface area contributed by atoms with Crippen LogP contribution in [0.5, 0.6) is 0 Å². The molecule has 1 amide bonds. The van der Waals surface area contributed by atoms with Gasteiger partial charge in [-0.05, 0) is 51.7 Å². The Hall–Kier alpha value is -1.56. The van der Waals surface area contributed by atoms with Gasteiger partial charge in [0.05, 0.1) is 11.8 Å². The Morgan fingerprint density at radius 3 is 2.88 bits per heavy atom. The highest BCUT2D eigenvalue weighted by Crippen LogP contribution is 2.43. The zero-order chi connectivity index (χ0) is 17.1. The van der Waals surface area contributed by atoms with Crippen LogP contribution >= 0.6 is 0 Å². The lowest BCUT2D eigenvalue weighted by atomic mass is 9.93. The van der Waals surface area contributed by atoms with Gasteiger partial charge in [-0.2, -0.15) is 0 Å². The number of fused-ring (bicyclic) bond motifs is 3. The fourth-order valence-corrected chi connectivity index (χ4v) is 5.62. The monoisotopic (exact) mass is 348 g/mol. The van der Waals surface area contributed by atoms with Gasteiger partial charge in [-0.1, -0.05) is 0 Å². The van der Waals surface area contributed by atoms with E-state index in [2.05, 4.69) is 4.57 Å². The second-order valence-electron chi connectivity index (χ2n) is 7.77. The molecule has 2 unspecified atom stereocenters. The largest absolute Gasteiger partial charge is 0.443 e. The van der Waals surface area contributed by atoms with Crippen molar-refractivity contribution < 1.29 is 13.7 Å². The summed E-state index contributed by atoms with van der Waals surface area (Å²) in [7, 11) is -0.758. The van der Waals surface area contributed by atoms with Gasteiger partial charge in [0, 0.05) is 46.2 Å². The van der Waals surface area contributed by atoms with Crippen LogP contribution in [0.2, 0.25) is 0 Å². The summed E-state index contributed by atoms with van der Waals surface area (Å²) in [6.45, 7) is 7.01. The van der Waals surface area contributed by atoms with E-state index in [9.17, 15) is 9.00 Å². The standard InChI is InChI=1S/C18H24N2O3S/c1-18(2,3)23-17(21)19-8-7-14-13(11-19)12-5-4-6-15-16(12)20(14)9-10-24(15)22/h7-8,15H,4-6,9-11H2,1-3H3. The maximum Gasteiger partial charge on any atom is 0.414 e. The molecule has 1 aromatic heterocycles. The highest BCUT2D eigenvalue weighted by molar-refractivity contribution is 7.85. The second-order valence-corrected chi connectivity index (χ2v) is 9.51. The molecule has 0 N–H and O–H groups in total. The number of amides is 1. The molecule has 2 atom stereocenters. The van der Waals surface area contributed by atoms with Crippen LogP contribution < -0.4 is 0 Å². The SMILES string of the molecule is CC(C)(C)OC(=O)N1C=Cc2c(c3c4n2CCS(=O)C4CCC3)C1. The predicted molar refractivity (Wildman–Crippen MR) is 93.9 cm³/mol. The molecule has 1 aromatic rings. The van der Waals surface area contributed by atoms with E-state index in [1.807, 2.05) is 33.0 Å². The van der Waals surface area contributed by atoms with E-state index in [0.717, 1.165) is 31.6 Å². The van der Waals surface area contributed by atoms with Crippen molar-refractivity contribution in [2.24, 2.45) is 0 Å². The first-order valence-electron chi connectivity index (χ1n) is 8.64. The molecule has 3 heterocycles. The molecule has 0 fully saturated rings. The van der Waals surface area contributed by atoms with Crippen LogP contribution in [0.4, 0.5) is 4.79 Å². The van der Waals surface area contributed by atoms with Gasteiger partial charge in [-0.3, -0.25) is 9.11 Å². The molecule has 0 bridgehead atoms. The Bertz CT molecular complexity index is 757. The van der Waals surface area contributed by atoms with E-state index in [1.165, 1.54) is 22.5 Å². The highest BCUT2D eigenvalue weighted by atomic mass is 32.2. The quantitative estimate of drug-likeness (QED) is 0.722. The Morgan fingerprint density at radius 2 is 2.12 bits per heavy atom. The summed E-state index contributed by atoms with van der Waals surface area (Å²) in [4.78, 5) is 14.0. The maximum absolute atomic E-state index is 12.4. The van der Waals surface area contributed by atoms with Gasteiger partial charge in [0.15, 0.2) is 0 Å². The Balaban J connectivity index is 1.70. The van der Waals surface area contributed by atoms with Crippen molar-refractivity contribution in [3.8, 4) is 0 Å². The summed E-state index contributed by atoms with van der Waals surface area (Å²) < 4.78 is 20.3. The van der Waals surface area contributed by atoms with E-state index in [0.29, 0.717) is 6.54 Å². The fourth-order valence-electron chi connectivity index (χ4n) is 4.03. The summed E-state index contributed by atoms with van der Waals surface area (Å²) in [5.74, 6) is 0.738. The summed E-state index contributed by atoms with van der Waals surface area (Å²) in [6.07, 6.45) is 6.65. The van der Waals surface area contributed by atoms with Crippen LogP contribution in [-0.4, -0.2) is 31.1 Å². The van der Waals surface area contributed by atoms with Crippen molar-refractivity contribution in [1.82, 2.24) is 9.47 Å². The molecule has 6 heteroatoms. The van der Waals surface area contributed by atoms with Gasteiger partial charge in [-0.15, -0.1) is 0 Å².